The van der Waals surface area contributed by atoms with E-state index in [1.165, 1.54) is 13.0 Å². The zero-order valence-electron chi connectivity index (χ0n) is 11.3. The number of nitrogens with zero attached hydrogens (tertiary/aromatic N) is 1. The highest BCUT2D eigenvalue weighted by Crippen LogP contribution is 2.19. The molecular weight excluding hydrogens is 282 g/mol. The molecule has 0 saturated heterocycles. The van der Waals surface area contributed by atoms with Crippen LogP contribution in [0.15, 0.2) is 18.2 Å². The first-order valence-electron chi connectivity index (χ1n) is 5.96. The molecule has 0 bridgehead atoms. The predicted octanol–water partition coefficient (Wildman–Crippen LogP) is 0.921. The molecule has 0 aliphatic heterocycles. The first-order valence-corrected chi connectivity index (χ1v) is 6.34. The smallest absolute Gasteiger partial charge is 0.318 e. The summed E-state index contributed by atoms with van der Waals surface area (Å²) in [6, 6.07) is 4.86. The molecule has 0 fully saturated rings. The molecule has 0 atom stereocenters. The third-order valence-electron chi connectivity index (χ3n) is 2.60. The second-order valence-corrected chi connectivity index (χ2v) is 4.59. The summed E-state index contributed by atoms with van der Waals surface area (Å²) < 4.78 is 0. The number of halogens is 1. The summed E-state index contributed by atoms with van der Waals surface area (Å²) in [6.07, 6.45) is 0. The number of hydrogen-bond acceptors (Lipinski definition) is 4. The van der Waals surface area contributed by atoms with Crippen LogP contribution in [-0.4, -0.2) is 35.7 Å². The summed E-state index contributed by atoms with van der Waals surface area (Å²) in [4.78, 5) is 35.7. The molecule has 1 aromatic carbocycles. The third kappa shape index (κ3) is 4.04. The average Bonchev–Trinajstić information content (AvgIpc) is 2.39. The zero-order chi connectivity index (χ0) is 15.3. The molecule has 108 valence electrons. The van der Waals surface area contributed by atoms with Gasteiger partial charge in [-0.05, 0) is 24.6 Å². The first kappa shape index (κ1) is 16.1. The summed E-state index contributed by atoms with van der Waals surface area (Å²) in [5, 5.41) is 2.87. The molecule has 1 rings (SSSR count). The van der Waals surface area contributed by atoms with Crippen molar-refractivity contribution in [3.63, 3.8) is 0 Å². The van der Waals surface area contributed by atoms with E-state index >= 15 is 0 Å². The molecule has 0 radical (unpaired) electrons. The molecule has 0 aromatic heterocycles. The summed E-state index contributed by atoms with van der Waals surface area (Å²) in [5.74, 6) is -2.38. The quantitative estimate of drug-likeness (QED) is 0.812. The van der Waals surface area contributed by atoms with Crippen molar-refractivity contribution >= 4 is 35.0 Å². The molecule has 7 heteroatoms. The second kappa shape index (κ2) is 7.02. The van der Waals surface area contributed by atoms with Gasteiger partial charge in [0.05, 0.1) is 0 Å². The van der Waals surface area contributed by atoms with Gasteiger partial charge in [-0.2, -0.15) is 0 Å². The number of amides is 3. The maximum atomic E-state index is 11.8. The fourth-order valence-corrected chi connectivity index (χ4v) is 1.69. The standard InChI is InChI=1S/C13H16ClN3O3/c1-8-3-4-10(7-11(8)14)16-12(19)13(20)17(6-5-15)9(2)18/h3-4,7H,5-6,15H2,1-2H3,(H,16,19). The number of benzene rings is 1. The molecule has 0 heterocycles. The van der Waals surface area contributed by atoms with Gasteiger partial charge in [-0.25, -0.2) is 0 Å². The Morgan fingerprint density at radius 3 is 2.50 bits per heavy atom. The number of carbonyl (C=O) groups is 3. The van der Waals surface area contributed by atoms with E-state index in [1.54, 1.807) is 12.1 Å². The lowest BCUT2D eigenvalue weighted by Gasteiger charge is -2.17. The highest BCUT2D eigenvalue weighted by molar-refractivity contribution is 6.41. The number of anilines is 1. The fourth-order valence-electron chi connectivity index (χ4n) is 1.51. The van der Waals surface area contributed by atoms with E-state index in [2.05, 4.69) is 5.32 Å². The third-order valence-corrected chi connectivity index (χ3v) is 3.01. The summed E-state index contributed by atoms with van der Waals surface area (Å²) in [7, 11) is 0. The van der Waals surface area contributed by atoms with Crippen molar-refractivity contribution in [3.8, 4) is 0 Å². The van der Waals surface area contributed by atoms with Crippen molar-refractivity contribution in [1.29, 1.82) is 0 Å². The molecular formula is C13H16ClN3O3. The van der Waals surface area contributed by atoms with Gasteiger partial charge in [0, 0.05) is 30.7 Å². The summed E-state index contributed by atoms with van der Waals surface area (Å²) >= 11 is 5.92. The monoisotopic (exact) mass is 297 g/mol. The molecule has 3 amide bonds. The topological polar surface area (TPSA) is 92.5 Å². The van der Waals surface area contributed by atoms with Gasteiger partial charge in [0.25, 0.3) is 0 Å². The Bertz CT molecular complexity index is 546. The Kier molecular flexibility index (Phi) is 5.66. The lowest BCUT2D eigenvalue weighted by atomic mass is 10.2. The number of rotatable bonds is 3. The number of nitrogens with one attached hydrogen (secondary N) is 1. The van der Waals surface area contributed by atoms with Gasteiger partial charge in [-0.15, -0.1) is 0 Å². The van der Waals surface area contributed by atoms with Crippen molar-refractivity contribution in [3.05, 3.63) is 28.8 Å². The van der Waals surface area contributed by atoms with Crippen LogP contribution in [-0.2, 0) is 14.4 Å². The number of aryl methyl sites for hydroxylation is 1. The SMILES string of the molecule is CC(=O)N(CCN)C(=O)C(=O)Nc1ccc(C)c(Cl)c1. The maximum absolute atomic E-state index is 11.8. The van der Waals surface area contributed by atoms with Crippen molar-refractivity contribution in [2.75, 3.05) is 18.4 Å². The van der Waals surface area contributed by atoms with Crippen LogP contribution in [0.3, 0.4) is 0 Å². The molecule has 1 aromatic rings. The summed E-state index contributed by atoms with van der Waals surface area (Å²) in [5.41, 5.74) is 6.53. The van der Waals surface area contributed by atoms with Gasteiger partial charge in [0.1, 0.15) is 0 Å². The van der Waals surface area contributed by atoms with Crippen LogP contribution in [0.5, 0.6) is 0 Å². The Hall–Kier alpha value is -1.92. The van der Waals surface area contributed by atoms with Gasteiger partial charge in [-0.1, -0.05) is 17.7 Å². The molecule has 0 saturated carbocycles. The van der Waals surface area contributed by atoms with Crippen LogP contribution in [0, 0.1) is 6.92 Å². The second-order valence-electron chi connectivity index (χ2n) is 4.18. The van der Waals surface area contributed by atoms with Gasteiger partial charge < -0.3 is 11.1 Å². The molecule has 3 N–H and O–H groups in total. The van der Waals surface area contributed by atoms with Crippen LogP contribution in [0.2, 0.25) is 5.02 Å². The lowest BCUT2D eigenvalue weighted by molar-refractivity contribution is -0.149. The van der Waals surface area contributed by atoms with Gasteiger partial charge in [-0.3, -0.25) is 19.3 Å². The minimum Gasteiger partial charge on any atom is -0.329 e. The Balaban J connectivity index is 2.81. The molecule has 6 nitrogen and oxygen atoms in total. The Morgan fingerprint density at radius 1 is 1.35 bits per heavy atom. The minimum atomic E-state index is -0.945. The minimum absolute atomic E-state index is 0.00373. The highest BCUT2D eigenvalue weighted by Gasteiger charge is 2.24. The molecule has 0 spiro atoms. The van der Waals surface area contributed by atoms with E-state index in [-0.39, 0.29) is 13.1 Å². The van der Waals surface area contributed by atoms with Gasteiger partial charge in [0.2, 0.25) is 5.91 Å². The first-order chi connectivity index (χ1) is 9.36. The lowest BCUT2D eigenvalue weighted by Crippen LogP contribution is -2.44. The molecule has 0 unspecified atom stereocenters. The van der Waals surface area contributed by atoms with E-state index in [1.807, 2.05) is 6.92 Å². The van der Waals surface area contributed by atoms with E-state index in [0.717, 1.165) is 10.5 Å². The predicted molar refractivity (Wildman–Crippen MR) is 76.3 cm³/mol. The maximum Gasteiger partial charge on any atom is 0.318 e. The molecule has 20 heavy (non-hydrogen) atoms. The van der Waals surface area contributed by atoms with Gasteiger partial charge >= 0.3 is 11.8 Å². The number of imide groups is 1. The highest BCUT2D eigenvalue weighted by atomic mass is 35.5. The van der Waals surface area contributed by atoms with Gasteiger partial charge in [0.15, 0.2) is 0 Å². The van der Waals surface area contributed by atoms with Crippen LogP contribution in [0.25, 0.3) is 0 Å². The Morgan fingerprint density at radius 2 is 2.00 bits per heavy atom. The van der Waals surface area contributed by atoms with E-state index in [9.17, 15) is 14.4 Å². The van der Waals surface area contributed by atoms with Crippen LogP contribution < -0.4 is 11.1 Å². The zero-order valence-corrected chi connectivity index (χ0v) is 12.0. The number of hydrogen-bond donors (Lipinski definition) is 2. The average molecular weight is 298 g/mol. The number of carbonyl (C=O) groups excluding carboxylic acids is 3. The fraction of sp³-hybridized carbons (Fsp3) is 0.308. The van der Waals surface area contributed by atoms with Crippen molar-refractivity contribution < 1.29 is 14.4 Å². The normalized spacial score (nSPS) is 10.0. The van der Waals surface area contributed by atoms with Crippen molar-refractivity contribution in [2.45, 2.75) is 13.8 Å². The van der Waals surface area contributed by atoms with Crippen molar-refractivity contribution in [2.24, 2.45) is 5.73 Å². The molecule has 0 aliphatic rings. The van der Waals surface area contributed by atoms with E-state index in [4.69, 9.17) is 17.3 Å². The van der Waals surface area contributed by atoms with Crippen LogP contribution in [0.4, 0.5) is 5.69 Å². The van der Waals surface area contributed by atoms with Crippen molar-refractivity contribution in [1.82, 2.24) is 4.90 Å². The van der Waals surface area contributed by atoms with Crippen LogP contribution in [0.1, 0.15) is 12.5 Å². The largest absolute Gasteiger partial charge is 0.329 e. The van der Waals surface area contributed by atoms with E-state index in [0.29, 0.717) is 10.7 Å². The summed E-state index contributed by atoms with van der Waals surface area (Å²) in [6.45, 7) is 3.10. The number of nitrogens with two attached hydrogens (primary N) is 1. The molecule has 0 aliphatic carbocycles. The van der Waals surface area contributed by atoms with Crippen LogP contribution >= 0.6 is 11.6 Å². The van der Waals surface area contributed by atoms with E-state index < -0.39 is 17.7 Å². The Labute approximate surface area is 121 Å².